The first-order chi connectivity index (χ1) is 14.1. The van der Waals surface area contributed by atoms with Gasteiger partial charge in [0, 0.05) is 36.3 Å². The second-order valence-corrected chi connectivity index (χ2v) is 6.87. The fourth-order valence-electron chi connectivity index (χ4n) is 3.44. The van der Waals surface area contributed by atoms with Crippen LogP contribution in [0.2, 0.25) is 0 Å². The summed E-state index contributed by atoms with van der Waals surface area (Å²) in [5.41, 5.74) is 1.57. The van der Waals surface area contributed by atoms with Gasteiger partial charge in [0.15, 0.2) is 11.5 Å². The SMILES string of the molecule is COc1cccc(/C=C/C(=O)N2CCC(C(=O)Nc3ccccc3)CC2)c1OC. The van der Waals surface area contributed by atoms with Crippen LogP contribution in [0, 0.1) is 5.92 Å². The summed E-state index contributed by atoms with van der Waals surface area (Å²) in [7, 11) is 3.15. The van der Waals surface area contributed by atoms with Gasteiger partial charge in [0.2, 0.25) is 11.8 Å². The standard InChI is InChI=1S/C23H26N2O4/c1-28-20-10-6-7-17(22(20)29-2)11-12-21(26)25-15-13-18(14-16-25)23(27)24-19-8-4-3-5-9-19/h3-12,18H,13-16H2,1-2H3,(H,24,27)/b12-11+. The number of hydrogen-bond donors (Lipinski definition) is 1. The summed E-state index contributed by atoms with van der Waals surface area (Å²) in [6.07, 6.45) is 4.58. The number of piperidine rings is 1. The quantitative estimate of drug-likeness (QED) is 0.761. The van der Waals surface area contributed by atoms with Gasteiger partial charge in [0.05, 0.1) is 14.2 Å². The topological polar surface area (TPSA) is 67.9 Å². The number of amides is 2. The van der Waals surface area contributed by atoms with Crippen molar-refractivity contribution >= 4 is 23.6 Å². The molecule has 1 aliphatic heterocycles. The molecule has 29 heavy (non-hydrogen) atoms. The molecule has 0 aliphatic carbocycles. The zero-order valence-electron chi connectivity index (χ0n) is 16.8. The van der Waals surface area contributed by atoms with Gasteiger partial charge in [-0.1, -0.05) is 30.3 Å². The Hall–Kier alpha value is -3.28. The Morgan fingerprint density at radius 1 is 1.00 bits per heavy atom. The number of hydrogen-bond acceptors (Lipinski definition) is 4. The molecule has 3 rings (SSSR count). The molecule has 6 heteroatoms. The molecule has 6 nitrogen and oxygen atoms in total. The van der Waals surface area contributed by atoms with Crippen LogP contribution in [0.5, 0.6) is 11.5 Å². The van der Waals surface area contributed by atoms with Crippen molar-refractivity contribution in [3.8, 4) is 11.5 Å². The van der Waals surface area contributed by atoms with Gasteiger partial charge in [-0.2, -0.15) is 0 Å². The first-order valence-corrected chi connectivity index (χ1v) is 9.66. The molecule has 0 bridgehead atoms. The van der Waals surface area contributed by atoms with Gasteiger partial charge in [0.25, 0.3) is 0 Å². The number of nitrogens with zero attached hydrogens (tertiary/aromatic N) is 1. The van der Waals surface area contributed by atoms with Gasteiger partial charge in [-0.3, -0.25) is 9.59 Å². The highest BCUT2D eigenvalue weighted by molar-refractivity contribution is 5.94. The first-order valence-electron chi connectivity index (χ1n) is 9.66. The summed E-state index contributed by atoms with van der Waals surface area (Å²) < 4.78 is 10.7. The molecule has 2 aromatic carbocycles. The second kappa shape index (κ2) is 9.78. The van der Waals surface area contributed by atoms with Crippen molar-refractivity contribution in [2.45, 2.75) is 12.8 Å². The third-order valence-corrected chi connectivity index (χ3v) is 5.06. The Balaban J connectivity index is 1.55. The Morgan fingerprint density at radius 2 is 1.72 bits per heavy atom. The predicted molar refractivity (Wildman–Crippen MR) is 113 cm³/mol. The molecule has 0 atom stereocenters. The largest absolute Gasteiger partial charge is 0.493 e. The average molecular weight is 394 g/mol. The van der Waals surface area contributed by atoms with E-state index in [0.29, 0.717) is 37.4 Å². The normalized spacial score (nSPS) is 14.6. The van der Waals surface area contributed by atoms with Crippen molar-refractivity contribution in [1.82, 2.24) is 4.90 Å². The van der Waals surface area contributed by atoms with Crippen molar-refractivity contribution in [3.05, 3.63) is 60.2 Å². The fourth-order valence-corrected chi connectivity index (χ4v) is 3.44. The van der Waals surface area contributed by atoms with E-state index in [9.17, 15) is 9.59 Å². The van der Waals surface area contributed by atoms with Crippen molar-refractivity contribution in [3.63, 3.8) is 0 Å². The molecule has 0 unspecified atom stereocenters. The van der Waals surface area contributed by atoms with Crippen LogP contribution in [0.1, 0.15) is 18.4 Å². The number of methoxy groups -OCH3 is 2. The summed E-state index contributed by atoms with van der Waals surface area (Å²) in [6.45, 7) is 1.12. The Bertz CT molecular complexity index is 872. The van der Waals surface area contributed by atoms with Gasteiger partial charge in [-0.15, -0.1) is 0 Å². The third-order valence-electron chi connectivity index (χ3n) is 5.06. The van der Waals surface area contributed by atoms with Crippen LogP contribution in [0.15, 0.2) is 54.6 Å². The lowest BCUT2D eigenvalue weighted by molar-refractivity contribution is -0.130. The molecule has 0 spiro atoms. The molecule has 1 aliphatic rings. The molecular weight excluding hydrogens is 368 g/mol. The van der Waals surface area contributed by atoms with Crippen molar-refractivity contribution in [1.29, 1.82) is 0 Å². The van der Waals surface area contributed by atoms with E-state index < -0.39 is 0 Å². The van der Waals surface area contributed by atoms with E-state index in [2.05, 4.69) is 5.32 Å². The highest BCUT2D eigenvalue weighted by Gasteiger charge is 2.26. The first kappa shape index (κ1) is 20.5. The lowest BCUT2D eigenvalue weighted by Gasteiger charge is -2.30. The minimum absolute atomic E-state index is 0.0139. The number of anilines is 1. The van der Waals surface area contributed by atoms with E-state index in [1.807, 2.05) is 48.5 Å². The van der Waals surface area contributed by atoms with Crippen LogP contribution < -0.4 is 14.8 Å². The minimum atomic E-state index is -0.0817. The number of rotatable bonds is 6. The molecule has 2 amide bonds. The molecule has 2 aromatic rings. The van der Waals surface area contributed by atoms with Crippen LogP contribution in [0.25, 0.3) is 6.08 Å². The van der Waals surface area contributed by atoms with Crippen molar-refractivity contribution < 1.29 is 19.1 Å². The summed E-state index contributed by atoms with van der Waals surface area (Å²) in [6, 6.07) is 15.0. The molecule has 1 saturated heterocycles. The Kier molecular flexibility index (Phi) is 6.89. The van der Waals surface area contributed by atoms with Gasteiger partial charge < -0.3 is 19.7 Å². The number of likely N-dealkylation sites (tertiary alicyclic amines) is 1. The number of ether oxygens (including phenoxy) is 2. The molecule has 1 N–H and O–H groups in total. The van der Waals surface area contributed by atoms with Crippen molar-refractivity contribution in [2.75, 3.05) is 32.6 Å². The summed E-state index contributed by atoms with van der Waals surface area (Å²) in [5.74, 6) is 1.07. The van der Waals surface area contributed by atoms with E-state index in [1.54, 1.807) is 31.3 Å². The maximum absolute atomic E-state index is 12.6. The van der Waals surface area contributed by atoms with E-state index in [1.165, 1.54) is 0 Å². The highest BCUT2D eigenvalue weighted by atomic mass is 16.5. The lowest BCUT2D eigenvalue weighted by atomic mass is 9.95. The third kappa shape index (κ3) is 5.16. The maximum atomic E-state index is 12.6. The van der Waals surface area contributed by atoms with Gasteiger partial charge in [-0.05, 0) is 37.1 Å². The van der Waals surface area contributed by atoms with Crippen LogP contribution in [0.4, 0.5) is 5.69 Å². The van der Waals surface area contributed by atoms with Crippen LogP contribution in [0.3, 0.4) is 0 Å². The minimum Gasteiger partial charge on any atom is -0.493 e. The summed E-state index contributed by atoms with van der Waals surface area (Å²) >= 11 is 0. The van der Waals surface area contributed by atoms with Crippen LogP contribution in [-0.2, 0) is 9.59 Å². The number of carbonyl (C=O) groups excluding carboxylic acids is 2. The smallest absolute Gasteiger partial charge is 0.246 e. The predicted octanol–water partition coefficient (Wildman–Crippen LogP) is 3.59. The molecule has 1 fully saturated rings. The molecule has 0 radical (unpaired) electrons. The van der Waals surface area contributed by atoms with E-state index in [4.69, 9.17) is 9.47 Å². The lowest BCUT2D eigenvalue weighted by Crippen LogP contribution is -2.40. The van der Waals surface area contributed by atoms with Crippen molar-refractivity contribution in [2.24, 2.45) is 5.92 Å². The Morgan fingerprint density at radius 3 is 2.38 bits per heavy atom. The van der Waals surface area contributed by atoms with Gasteiger partial charge in [0.1, 0.15) is 0 Å². The zero-order chi connectivity index (χ0) is 20.6. The van der Waals surface area contributed by atoms with Gasteiger partial charge >= 0.3 is 0 Å². The molecule has 0 aromatic heterocycles. The number of nitrogens with one attached hydrogen (secondary N) is 1. The average Bonchev–Trinajstić information content (AvgIpc) is 2.77. The molecule has 0 saturated carbocycles. The second-order valence-electron chi connectivity index (χ2n) is 6.87. The zero-order valence-corrected chi connectivity index (χ0v) is 16.8. The number of para-hydroxylation sites is 2. The highest BCUT2D eigenvalue weighted by Crippen LogP contribution is 2.31. The summed E-state index contributed by atoms with van der Waals surface area (Å²) in [5, 5.41) is 2.94. The van der Waals surface area contributed by atoms with Crippen LogP contribution in [-0.4, -0.2) is 44.0 Å². The van der Waals surface area contributed by atoms with E-state index >= 15 is 0 Å². The number of carbonyl (C=O) groups is 2. The molecule has 152 valence electrons. The monoisotopic (exact) mass is 394 g/mol. The maximum Gasteiger partial charge on any atom is 0.246 e. The van der Waals surface area contributed by atoms with E-state index in [0.717, 1.165) is 11.3 Å². The summed E-state index contributed by atoms with van der Waals surface area (Å²) in [4.78, 5) is 26.8. The van der Waals surface area contributed by atoms with Crippen LogP contribution >= 0.6 is 0 Å². The van der Waals surface area contributed by atoms with E-state index in [-0.39, 0.29) is 17.7 Å². The molecule has 1 heterocycles. The van der Waals surface area contributed by atoms with Gasteiger partial charge in [-0.25, -0.2) is 0 Å². The Labute approximate surface area is 171 Å². The fraction of sp³-hybridized carbons (Fsp3) is 0.304. The number of benzene rings is 2. The molecular formula is C23H26N2O4.